The van der Waals surface area contributed by atoms with Crippen molar-refractivity contribution in [3.63, 3.8) is 0 Å². The van der Waals surface area contributed by atoms with Crippen LogP contribution in [0, 0.1) is 11.3 Å². The molecule has 3 aromatic rings. The average molecular weight is 440 g/mol. The van der Waals surface area contributed by atoms with E-state index in [1.165, 1.54) is 5.56 Å². The number of benzene rings is 3. The third kappa shape index (κ3) is 5.04. The van der Waals surface area contributed by atoms with E-state index < -0.39 is 0 Å². The number of nitrogens with zero attached hydrogens (tertiary/aromatic N) is 1. The van der Waals surface area contributed by atoms with Crippen LogP contribution in [-0.2, 0) is 4.79 Å². The Kier molecular flexibility index (Phi) is 6.70. The van der Waals surface area contributed by atoms with Crippen molar-refractivity contribution in [3.05, 3.63) is 89.0 Å². The van der Waals surface area contributed by atoms with Gasteiger partial charge in [0.2, 0.25) is 0 Å². The van der Waals surface area contributed by atoms with Gasteiger partial charge in [0.25, 0.3) is 5.91 Å². The van der Waals surface area contributed by atoms with Gasteiger partial charge in [0.1, 0.15) is 29.6 Å². The number of hydrogen-bond donors (Lipinski definition) is 1. The molecular weight excluding hydrogens is 416 g/mol. The Bertz CT molecular complexity index is 1180. The summed E-state index contributed by atoms with van der Waals surface area (Å²) in [6, 6.07) is 22.2. The van der Waals surface area contributed by atoms with Gasteiger partial charge in [-0.1, -0.05) is 37.3 Å². The molecule has 0 saturated heterocycles. The van der Waals surface area contributed by atoms with Crippen LogP contribution in [0.5, 0.6) is 17.2 Å². The molecule has 4 rings (SSSR count). The van der Waals surface area contributed by atoms with Crippen molar-refractivity contribution in [2.24, 2.45) is 0 Å². The molecule has 33 heavy (non-hydrogen) atoms. The average Bonchev–Trinajstić information content (AvgIpc) is 2.87. The molecule has 6 nitrogen and oxygen atoms in total. The zero-order valence-electron chi connectivity index (χ0n) is 18.3. The normalized spacial score (nSPS) is 15.3. The molecule has 1 aliphatic heterocycles. The number of hydrogen-bond acceptors (Lipinski definition) is 5. The molecule has 3 aromatic carbocycles. The summed E-state index contributed by atoms with van der Waals surface area (Å²) in [7, 11) is 0. The third-order valence-corrected chi connectivity index (χ3v) is 5.76. The molecule has 1 amide bonds. The molecule has 0 bridgehead atoms. The molecule has 0 fully saturated rings. The minimum Gasteiger partial charge on any atom is -0.493 e. The van der Waals surface area contributed by atoms with E-state index in [-0.39, 0.29) is 17.7 Å². The topological polar surface area (TPSA) is 88.4 Å². The summed E-state index contributed by atoms with van der Waals surface area (Å²) in [5.41, 5.74) is 2.72. The van der Waals surface area contributed by atoms with Crippen LogP contribution in [0.2, 0.25) is 0 Å². The minimum atomic E-state index is -0.280. The van der Waals surface area contributed by atoms with Crippen molar-refractivity contribution in [3.8, 4) is 23.3 Å². The van der Waals surface area contributed by atoms with Crippen LogP contribution in [0.25, 0.3) is 0 Å². The van der Waals surface area contributed by atoms with Crippen LogP contribution in [0.15, 0.2) is 66.7 Å². The van der Waals surface area contributed by atoms with E-state index in [9.17, 15) is 14.9 Å². The van der Waals surface area contributed by atoms with Crippen LogP contribution >= 0.6 is 0 Å². The first-order valence-corrected chi connectivity index (χ1v) is 10.9. The smallest absolute Gasteiger partial charge is 0.251 e. The van der Waals surface area contributed by atoms with Gasteiger partial charge >= 0.3 is 0 Å². The number of ether oxygens (including phenoxy) is 2. The van der Waals surface area contributed by atoms with E-state index in [1.54, 1.807) is 36.4 Å². The highest BCUT2D eigenvalue weighted by Gasteiger charge is 2.24. The van der Waals surface area contributed by atoms with Crippen LogP contribution in [-0.4, -0.2) is 25.3 Å². The Morgan fingerprint density at radius 1 is 1.21 bits per heavy atom. The molecule has 1 heterocycles. The van der Waals surface area contributed by atoms with Gasteiger partial charge in [0.15, 0.2) is 0 Å². The van der Waals surface area contributed by atoms with E-state index >= 15 is 0 Å². The molecule has 1 aliphatic rings. The van der Waals surface area contributed by atoms with Crippen LogP contribution in [0.3, 0.4) is 0 Å². The number of amides is 1. The van der Waals surface area contributed by atoms with Gasteiger partial charge in [-0.25, -0.2) is 0 Å². The standard InChI is InChI=1S/C27H24N2O4/c1-18(19-5-3-2-4-6-19)16-29-27(31)20-7-9-23(10-8-20)33-25-14-26-24(13-22(25)15-28)21(17-30)11-12-32-26/h2-10,13-14,17-18,21H,11-12,16H2,1H3,(H,29,31)/t18-,21?/m1/s1. The first kappa shape index (κ1) is 22.1. The van der Waals surface area contributed by atoms with E-state index in [0.717, 1.165) is 6.29 Å². The lowest BCUT2D eigenvalue weighted by Gasteiger charge is -2.23. The highest BCUT2D eigenvalue weighted by atomic mass is 16.5. The number of nitriles is 1. The summed E-state index contributed by atoms with van der Waals surface area (Å²) in [5.74, 6) is 1.14. The Balaban J connectivity index is 1.43. The maximum absolute atomic E-state index is 12.5. The maximum atomic E-state index is 12.5. The Morgan fingerprint density at radius 3 is 2.67 bits per heavy atom. The highest BCUT2D eigenvalue weighted by Crippen LogP contribution is 2.38. The van der Waals surface area contributed by atoms with Crippen LogP contribution < -0.4 is 14.8 Å². The van der Waals surface area contributed by atoms with Crippen molar-refractivity contribution in [1.82, 2.24) is 5.32 Å². The van der Waals surface area contributed by atoms with Crippen molar-refractivity contribution in [1.29, 1.82) is 5.26 Å². The Morgan fingerprint density at radius 2 is 1.97 bits per heavy atom. The number of nitrogens with one attached hydrogen (secondary N) is 1. The molecule has 166 valence electrons. The summed E-state index contributed by atoms with van der Waals surface area (Å²) in [6.45, 7) is 3.04. The van der Waals surface area contributed by atoms with Crippen LogP contribution in [0.4, 0.5) is 0 Å². The zero-order chi connectivity index (χ0) is 23.2. The first-order valence-electron chi connectivity index (χ1n) is 10.9. The SMILES string of the molecule is C[C@H](CNC(=O)c1ccc(Oc2cc3c(cc2C#N)C(C=O)CCO3)cc1)c1ccccc1. The number of fused-ring (bicyclic) bond motifs is 1. The lowest BCUT2D eigenvalue weighted by molar-refractivity contribution is -0.109. The van der Waals surface area contributed by atoms with Gasteiger partial charge in [-0.2, -0.15) is 5.26 Å². The molecule has 0 saturated carbocycles. The zero-order valence-corrected chi connectivity index (χ0v) is 18.3. The second-order valence-electron chi connectivity index (χ2n) is 8.03. The van der Waals surface area contributed by atoms with Crippen molar-refractivity contribution in [2.75, 3.05) is 13.2 Å². The Labute approximate surface area is 192 Å². The van der Waals surface area contributed by atoms with E-state index in [0.29, 0.717) is 53.5 Å². The second kappa shape index (κ2) is 10.0. The number of carbonyl (C=O) groups is 2. The number of aldehydes is 1. The monoisotopic (exact) mass is 440 g/mol. The van der Waals surface area contributed by atoms with Crippen molar-refractivity contribution < 1.29 is 19.1 Å². The molecule has 6 heteroatoms. The molecule has 2 atom stereocenters. The van der Waals surface area contributed by atoms with E-state index in [2.05, 4.69) is 18.3 Å². The fourth-order valence-electron chi connectivity index (χ4n) is 3.81. The molecule has 0 aliphatic carbocycles. The fourth-order valence-corrected chi connectivity index (χ4v) is 3.81. The molecule has 1 N–H and O–H groups in total. The second-order valence-corrected chi connectivity index (χ2v) is 8.03. The van der Waals surface area contributed by atoms with Crippen molar-refractivity contribution >= 4 is 12.2 Å². The minimum absolute atomic E-state index is 0.163. The Hall–Kier alpha value is -4.11. The maximum Gasteiger partial charge on any atom is 0.251 e. The van der Waals surface area contributed by atoms with E-state index in [1.807, 2.05) is 30.3 Å². The van der Waals surface area contributed by atoms with Gasteiger partial charge in [0, 0.05) is 29.7 Å². The number of rotatable bonds is 7. The quantitative estimate of drug-likeness (QED) is 0.525. The lowest BCUT2D eigenvalue weighted by Crippen LogP contribution is -2.27. The predicted octanol–water partition coefficient (Wildman–Crippen LogP) is 4.95. The van der Waals surface area contributed by atoms with E-state index in [4.69, 9.17) is 9.47 Å². The summed E-state index contributed by atoms with van der Waals surface area (Å²) in [6.07, 6.45) is 1.47. The fraction of sp³-hybridized carbons (Fsp3) is 0.222. The molecular formula is C27H24N2O4. The molecule has 0 aromatic heterocycles. The predicted molar refractivity (Wildman–Crippen MR) is 124 cm³/mol. The summed E-state index contributed by atoms with van der Waals surface area (Å²) < 4.78 is 11.6. The highest BCUT2D eigenvalue weighted by molar-refractivity contribution is 5.94. The summed E-state index contributed by atoms with van der Waals surface area (Å²) in [5, 5.41) is 12.5. The molecule has 0 radical (unpaired) electrons. The van der Waals surface area contributed by atoms with Crippen molar-refractivity contribution in [2.45, 2.75) is 25.2 Å². The third-order valence-electron chi connectivity index (χ3n) is 5.76. The molecule has 1 unspecified atom stereocenters. The van der Waals surface area contributed by atoms with Gasteiger partial charge in [0.05, 0.1) is 12.2 Å². The number of carbonyl (C=O) groups excluding carboxylic acids is 2. The van der Waals surface area contributed by atoms with Gasteiger partial charge in [-0.05, 0) is 48.2 Å². The first-order chi connectivity index (χ1) is 16.1. The summed E-state index contributed by atoms with van der Waals surface area (Å²) in [4.78, 5) is 23.9. The largest absolute Gasteiger partial charge is 0.493 e. The van der Waals surface area contributed by atoms with Gasteiger partial charge < -0.3 is 19.6 Å². The molecule has 0 spiro atoms. The van der Waals surface area contributed by atoms with Crippen LogP contribution in [0.1, 0.15) is 52.2 Å². The summed E-state index contributed by atoms with van der Waals surface area (Å²) >= 11 is 0. The lowest BCUT2D eigenvalue weighted by atomic mass is 9.93. The van der Waals surface area contributed by atoms with Gasteiger partial charge in [-0.3, -0.25) is 4.79 Å². The van der Waals surface area contributed by atoms with Gasteiger partial charge in [-0.15, -0.1) is 0 Å².